The zero-order valence-corrected chi connectivity index (χ0v) is 15.0. The van der Waals surface area contributed by atoms with E-state index in [1.807, 2.05) is 13.0 Å². The normalized spacial score (nSPS) is 30.1. The summed E-state index contributed by atoms with van der Waals surface area (Å²) in [7, 11) is 1.36. The van der Waals surface area contributed by atoms with Crippen LogP contribution >= 0.6 is 0 Å². The summed E-state index contributed by atoms with van der Waals surface area (Å²) in [6.45, 7) is 2.81. The van der Waals surface area contributed by atoms with Crippen molar-refractivity contribution in [3.05, 3.63) is 29.3 Å². The summed E-state index contributed by atoms with van der Waals surface area (Å²) in [5, 5.41) is 3.05. The van der Waals surface area contributed by atoms with Crippen molar-refractivity contribution in [3.63, 3.8) is 0 Å². The number of hydrogen-bond acceptors (Lipinski definition) is 3. The molecule has 25 heavy (non-hydrogen) atoms. The van der Waals surface area contributed by atoms with Crippen LogP contribution in [0.15, 0.2) is 18.2 Å². The number of esters is 1. The molecule has 0 spiro atoms. The molecule has 1 aromatic rings. The summed E-state index contributed by atoms with van der Waals surface area (Å²) in [6.07, 6.45) is 6.24. The van der Waals surface area contributed by atoms with Crippen LogP contribution in [-0.2, 0) is 4.74 Å². The topological polar surface area (TPSA) is 58.6 Å². The molecule has 2 atom stereocenters. The molecule has 5 heteroatoms. The summed E-state index contributed by atoms with van der Waals surface area (Å²) >= 11 is 0. The molecule has 0 radical (unpaired) electrons. The van der Waals surface area contributed by atoms with E-state index in [4.69, 9.17) is 4.74 Å². The van der Waals surface area contributed by atoms with Crippen molar-refractivity contribution in [2.45, 2.75) is 45.1 Å². The number of methoxy groups -OCH3 is 1. The summed E-state index contributed by atoms with van der Waals surface area (Å²) in [5.41, 5.74) is 2.10. The number of urea groups is 1. The van der Waals surface area contributed by atoms with Crippen molar-refractivity contribution in [1.82, 2.24) is 4.90 Å². The Morgan fingerprint density at radius 1 is 1.08 bits per heavy atom. The van der Waals surface area contributed by atoms with Gasteiger partial charge in [-0.05, 0) is 74.5 Å². The maximum atomic E-state index is 13.0. The molecule has 2 unspecified atom stereocenters. The zero-order chi connectivity index (χ0) is 17.6. The smallest absolute Gasteiger partial charge is 0.337 e. The molecule has 4 aliphatic rings. The Balaban J connectivity index is 1.53. The monoisotopic (exact) mass is 342 g/mol. The van der Waals surface area contributed by atoms with E-state index >= 15 is 0 Å². The second-order valence-electron chi connectivity index (χ2n) is 8.03. The number of rotatable bonds is 2. The van der Waals surface area contributed by atoms with E-state index < -0.39 is 0 Å². The van der Waals surface area contributed by atoms with Gasteiger partial charge in [0.15, 0.2) is 0 Å². The number of hydrogen-bond donors (Lipinski definition) is 1. The molecule has 1 aromatic carbocycles. The van der Waals surface area contributed by atoms with Crippen LogP contribution in [0.4, 0.5) is 10.5 Å². The number of anilines is 1. The lowest BCUT2D eigenvalue weighted by molar-refractivity contribution is 0.0600. The quantitative estimate of drug-likeness (QED) is 0.831. The highest BCUT2D eigenvalue weighted by Gasteiger charge is 2.44. The summed E-state index contributed by atoms with van der Waals surface area (Å²) < 4.78 is 4.78. The van der Waals surface area contributed by atoms with Crippen LogP contribution in [0.1, 0.15) is 48.0 Å². The van der Waals surface area contributed by atoms with Crippen LogP contribution in [0, 0.1) is 24.7 Å². The largest absolute Gasteiger partial charge is 0.465 e. The van der Waals surface area contributed by atoms with Gasteiger partial charge in [-0.3, -0.25) is 0 Å². The molecule has 4 bridgehead atoms. The summed E-state index contributed by atoms with van der Waals surface area (Å²) in [4.78, 5) is 26.8. The van der Waals surface area contributed by atoms with Gasteiger partial charge in [0.25, 0.3) is 0 Å². The van der Waals surface area contributed by atoms with Gasteiger partial charge < -0.3 is 15.0 Å². The fourth-order valence-electron chi connectivity index (χ4n) is 5.22. The Morgan fingerprint density at radius 2 is 1.76 bits per heavy atom. The van der Waals surface area contributed by atoms with Crippen LogP contribution in [0.2, 0.25) is 0 Å². The molecule has 2 amide bonds. The lowest BCUT2D eigenvalue weighted by atomic mass is 9.68. The van der Waals surface area contributed by atoms with E-state index in [0.29, 0.717) is 23.2 Å². The maximum Gasteiger partial charge on any atom is 0.337 e. The number of nitrogens with one attached hydrogen (secondary N) is 1. The van der Waals surface area contributed by atoms with E-state index in [0.717, 1.165) is 36.8 Å². The zero-order valence-electron chi connectivity index (χ0n) is 15.0. The van der Waals surface area contributed by atoms with Gasteiger partial charge in [-0.25, -0.2) is 9.59 Å². The summed E-state index contributed by atoms with van der Waals surface area (Å²) in [5.74, 6) is 1.89. The predicted octanol–water partition coefficient (Wildman–Crippen LogP) is 3.82. The van der Waals surface area contributed by atoms with Crippen molar-refractivity contribution < 1.29 is 14.3 Å². The van der Waals surface area contributed by atoms with Gasteiger partial charge in [0, 0.05) is 18.3 Å². The third kappa shape index (κ3) is 3.12. The first kappa shape index (κ1) is 16.4. The Kier molecular flexibility index (Phi) is 4.18. The first-order valence-electron chi connectivity index (χ1n) is 9.30. The molecule has 134 valence electrons. The molecule has 2 saturated carbocycles. The molecule has 0 aromatic heterocycles. The molecule has 1 N–H and O–H groups in total. The third-order valence-electron chi connectivity index (χ3n) is 6.27. The van der Waals surface area contributed by atoms with Gasteiger partial charge in [0.05, 0.1) is 12.7 Å². The Hall–Kier alpha value is -2.04. The van der Waals surface area contributed by atoms with E-state index in [1.54, 1.807) is 12.1 Å². The first-order valence-corrected chi connectivity index (χ1v) is 9.30. The summed E-state index contributed by atoms with van der Waals surface area (Å²) in [6, 6.07) is 5.63. The Morgan fingerprint density at radius 3 is 2.44 bits per heavy atom. The standard InChI is InChI=1S/C20H26N2O3/c1-12-3-4-16(19(23)25-2)10-18(12)21-20(24)22-11-15-6-13-5-14(7-15)9-17(22)8-13/h3-4,10,13-15,17H,5-9,11H2,1-2H3,(H,21,24). The molecule has 2 aliphatic carbocycles. The number of benzene rings is 1. The second-order valence-corrected chi connectivity index (χ2v) is 8.03. The average molecular weight is 342 g/mol. The van der Waals surface area contributed by atoms with Crippen LogP contribution in [0.5, 0.6) is 0 Å². The van der Waals surface area contributed by atoms with Crippen molar-refractivity contribution in [3.8, 4) is 0 Å². The molecule has 5 rings (SSSR count). The van der Waals surface area contributed by atoms with Gasteiger partial charge in [-0.1, -0.05) is 6.07 Å². The molecular weight excluding hydrogens is 316 g/mol. The van der Waals surface area contributed by atoms with Crippen molar-refractivity contribution in [1.29, 1.82) is 0 Å². The highest BCUT2D eigenvalue weighted by atomic mass is 16.5. The van der Waals surface area contributed by atoms with Crippen molar-refractivity contribution in [2.24, 2.45) is 17.8 Å². The van der Waals surface area contributed by atoms with Gasteiger partial charge in [0.2, 0.25) is 0 Å². The van der Waals surface area contributed by atoms with Gasteiger partial charge in [-0.2, -0.15) is 0 Å². The molecular formula is C20H26N2O3. The van der Waals surface area contributed by atoms with Crippen LogP contribution in [0.3, 0.4) is 0 Å². The number of carbonyl (C=O) groups excluding carboxylic acids is 2. The van der Waals surface area contributed by atoms with Crippen LogP contribution < -0.4 is 5.32 Å². The minimum absolute atomic E-state index is 0.0247. The first-order chi connectivity index (χ1) is 12.0. The molecule has 2 saturated heterocycles. The third-order valence-corrected chi connectivity index (χ3v) is 6.27. The van der Waals surface area contributed by atoms with Gasteiger partial charge in [-0.15, -0.1) is 0 Å². The molecule has 5 nitrogen and oxygen atoms in total. The number of nitrogens with zero attached hydrogens (tertiary/aromatic N) is 1. The Labute approximate surface area is 148 Å². The Bertz CT molecular complexity index is 688. The van der Waals surface area contributed by atoms with Crippen LogP contribution in [-0.4, -0.2) is 36.6 Å². The number of fused-ring (bicyclic) bond motifs is 1. The van der Waals surface area contributed by atoms with E-state index in [9.17, 15) is 9.59 Å². The number of ether oxygens (including phenoxy) is 1. The minimum Gasteiger partial charge on any atom is -0.465 e. The van der Waals surface area contributed by atoms with Gasteiger partial charge in [0.1, 0.15) is 0 Å². The van der Waals surface area contributed by atoms with Crippen LogP contribution in [0.25, 0.3) is 0 Å². The SMILES string of the molecule is COC(=O)c1ccc(C)c(NC(=O)N2CC3CC4CC(C3)CC2C4)c1. The fraction of sp³-hybridized carbons (Fsp3) is 0.600. The van der Waals surface area contributed by atoms with Crippen molar-refractivity contribution >= 4 is 17.7 Å². The lowest BCUT2D eigenvalue weighted by Gasteiger charge is -2.38. The second kappa shape index (κ2) is 6.36. The molecule has 2 aliphatic heterocycles. The highest BCUT2D eigenvalue weighted by Crippen LogP contribution is 2.47. The fourth-order valence-corrected chi connectivity index (χ4v) is 5.22. The van der Waals surface area contributed by atoms with Gasteiger partial charge >= 0.3 is 12.0 Å². The maximum absolute atomic E-state index is 13.0. The van der Waals surface area contributed by atoms with Crippen molar-refractivity contribution in [2.75, 3.05) is 19.0 Å². The van der Waals surface area contributed by atoms with E-state index in [2.05, 4.69) is 10.2 Å². The number of carbonyl (C=O) groups is 2. The highest BCUT2D eigenvalue weighted by molar-refractivity contribution is 5.94. The molecule has 2 heterocycles. The molecule has 4 fully saturated rings. The average Bonchev–Trinajstić information content (AvgIpc) is 2.79. The lowest BCUT2D eigenvalue weighted by Crippen LogP contribution is -2.44. The number of amides is 2. The van der Waals surface area contributed by atoms with E-state index in [1.165, 1.54) is 26.4 Å². The number of aryl methyl sites for hydroxylation is 1. The van der Waals surface area contributed by atoms with E-state index in [-0.39, 0.29) is 12.0 Å². The minimum atomic E-state index is -0.388. The predicted molar refractivity (Wildman–Crippen MR) is 95.6 cm³/mol.